The number of rotatable bonds is 1. The van der Waals surface area contributed by atoms with E-state index in [4.69, 9.17) is 0 Å². The van der Waals surface area contributed by atoms with Crippen LogP contribution in [0, 0.1) is 0 Å². The minimum atomic E-state index is -2.75. The summed E-state index contributed by atoms with van der Waals surface area (Å²) in [7, 11) is -2.75. The van der Waals surface area contributed by atoms with Crippen molar-refractivity contribution in [3.8, 4) is 0 Å². The first kappa shape index (κ1) is 8.33. The Hall–Kier alpha value is -1.77. The molecule has 1 aromatic rings. The fourth-order valence-electron chi connectivity index (χ4n) is 0.462. The highest BCUT2D eigenvalue weighted by atomic mass is 32.2. The zero-order valence-electron chi connectivity index (χ0n) is 5.55. The van der Waals surface area contributed by atoms with Crippen LogP contribution in [-0.2, 0) is 10.5 Å². The highest BCUT2D eigenvalue weighted by Crippen LogP contribution is 1.95. The van der Waals surface area contributed by atoms with Gasteiger partial charge >= 0.3 is 16.5 Å². The molecule has 0 radical (unpaired) electrons. The predicted molar refractivity (Wildman–Crippen MR) is 36.7 cm³/mol. The van der Waals surface area contributed by atoms with Gasteiger partial charge in [-0.05, 0) is 0 Å². The monoisotopic (exact) mass is 189 g/mol. The molecule has 1 aromatic heterocycles. The van der Waals surface area contributed by atoms with Gasteiger partial charge in [0.05, 0.1) is 6.20 Å². The number of hydrogen-bond donors (Lipinski definition) is 2. The van der Waals surface area contributed by atoms with Crippen molar-refractivity contribution < 1.29 is 13.2 Å². The minimum Gasteiger partial charge on any atom is -0.287 e. The quantitative estimate of drug-likeness (QED) is 0.611. The molecular weight excluding hydrogens is 186 g/mol. The van der Waals surface area contributed by atoms with Crippen molar-refractivity contribution in [2.45, 2.75) is 0 Å². The SMILES string of the molecule is O=C(N=S(=O)=O)Nc1cn[nH]n1. The maximum atomic E-state index is 10.6. The number of nitrogens with one attached hydrogen (secondary N) is 2. The van der Waals surface area contributed by atoms with Crippen LogP contribution in [0.3, 0.4) is 0 Å². The van der Waals surface area contributed by atoms with Crippen LogP contribution in [0.2, 0.25) is 0 Å². The van der Waals surface area contributed by atoms with Gasteiger partial charge in [0.25, 0.3) is 0 Å². The first-order chi connectivity index (χ1) is 5.68. The summed E-state index contributed by atoms with van der Waals surface area (Å²) in [6.07, 6.45) is 1.21. The van der Waals surface area contributed by atoms with Crippen molar-refractivity contribution in [1.29, 1.82) is 0 Å². The van der Waals surface area contributed by atoms with Crippen molar-refractivity contribution >= 4 is 22.3 Å². The van der Waals surface area contributed by atoms with Crippen molar-refractivity contribution in [1.82, 2.24) is 15.4 Å². The van der Waals surface area contributed by atoms with E-state index in [1.807, 2.05) is 5.32 Å². The molecule has 8 nitrogen and oxygen atoms in total. The molecule has 0 fully saturated rings. The summed E-state index contributed by atoms with van der Waals surface area (Å²) in [6.45, 7) is 0. The summed E-state index contributed by atoms with van der Waals surface area (Å²) in [6, 6.07) is -1.02. The summed E-state index contributed by atoms with van der Waals surface area (Å²) in [5.41, 5.74) is 0. The van der Waals surface area contributed by atoms with E-state index in [9.17, 15) is 13.2 Å². The maximum absolute atomic E-state index is 10.6. The van der Waals surface area contributed by atoms with Crippen molar-refractivity contribution in [3.63, 3.8) is 0 Å². The summed E-state index contributed by atoms with van der Waals surface area (Å²) in [5.74, 6) is 0.106. The van der Waals surface area contributed by atoms with Crippen LogP contribution in [0.5, 0.6) is 0 Å². The molecule has 2 amide bonds. The van der Waals surface area contributed by atoms with Crippen LogP contribution in [0.4, 0.5) is 10.6 Å². The topological polar surface area (TPSA) is 117 Å². The van der Waals surface area contributed by atoms with Crippen LogP contribution < -0.4 is 5.32 Å². The molecule has 0 saturated heterocycles. The standard InChI is InChI=1S/C3H3N5O3S/c9-3(7-12(10)11)5-2-1-4-8-6-2/h1H,(H2,4,5,6,8,9). The van der Waals surface area contributed by atoms with Crippen LogP contribution in [0.1, 0.15) is 0 Å². The lowest BCUT2D eigenvalue weighted by atomic mass is 10.7. The molecule has 0 bridgehead atoms. The van der Waals surface area contributed by atoms with E-state index in [1.165, 1.54) is 6.20 Å². The molecule has 0 aromatic carbocycles. The fraction of sp³-hybridized carbons (Fsp3) is 0. The molecular formula is C3H3N5O3S. The molecule has 12 heavy (non-hydrogen) atoms. The molecule has 64 valence electrons. The summed E-state index contributed by atoms with van der Waals surface area (Å²) in [5, 5.41) is 11.1. The van der Waals surface area contributed by atoms with E-state index < -0.39 is 16.5 Å². The molecule has 1 heterocycles. The molecule has 2 N–H and O–H groups in total. The lowest BCUT2D eigenvalue weighted by Gasteiger charge is -1.89. The Labute approximate surface area is 67.7 Å². The van der Waals surface area contributed by atoms with Crippen LogP contribution >= 0.6 is 0 Å². The average molecular weight is 189 g/mol. The number of hydrogen-bond acceptors (Lipinski definition) is 5. The zero-order valence-corrected chi connectivity index (χ0v) is 6.37. The summed E-state index contributed by atoms with van der Waals surface area (Å²) in [4.78, 5) is 10.6. The third-order valence-corrected chi connectivity index (χ3v) is 1.12. The van der Waals surface area contributed by atoms with Crippen LogP contribution in [-0.4, -0.2) is 29.9 Å². The number of amides is 2. The molecule has 0 aliphatic rings. The van der Waals surface area contributed by atoms with Gasteiger partial charge in [0.1, 0.15) is 0 Å². The Kier molecular flexibility index (Phi) is 2.48. The number of anilines is 1. The lowest BCUT2D eigenvalue weighted by Crippen LogP contribution is -2.05. The fourth-order valence-corrected chi connectivity index (χ4v) is 0.643. The minimum absolute atomic E-state index is 0.106. The number of aromatic nitrogens is 3. The molecule has 0 aliphatic carbocycles. The second-order valence-electron chi connectivity index (χ2n) is 1.59. The molecule has 0 aliphatic heterocycles. The van der Waals surface area contributed by atoms with Gasteiger partial charge in [-0.1, -0.05) is 4.36 Å². The Morgan fingerprint density at radius 2 is 2.42 bits per heavy atom. The van der Waals surface area contributed by atoms with Crippen LogP contribution in [0.15, 0.2) is 10.6 Å². The number of aromatic amines is 1. The van der Waals surface area contributed by atoms with Gasteiger partial charge in [0.2, 0.25) is 0 Å². The van der Waals surface area contributed by atoms with E-state index in [2.05, 4.69) is 19.8 Å². The number of carbonyl (C=O) groups is 1. The maximum Gasteiger partial charge on any atom is 0.361 e. The van der Waals surface area contributed by atoms with Gasteiger partial charge in [0.15, 0.2) is 5.82 Å². The second-order valence-corrected chi connectivity index (χ2v) is 2.21. The Bertz CT molecular complexity index is 384. The van der Waals surface area contributed by atoms with E-state index in [0.29, 0.717) is 0 Å². The molecule has 0 spiro atoms. The normalized spacial score (nSPS) is 9.00. The number of H-pyrrole nitrogens is 1. The van der Waals surface area contributed by atoms with E-state index in [1.54, 1.807) is 0 Å². The third kappa shape index (κ3) is 2.46. The van der Waals surface area contributed by atoms with Gasteiger partial charge in [-0.3, -0.25) is 5.32 Å². The van der Waals surface area contributed by atoms with E-state index in [0.717, 1.165) is 0 Å². The first-order valence-electron chi connectivity index (χ1n) is 2.66. The van der Waals surface area contributed by atoms with Crippen molar-refractivity contribution in [2.24, 2.45) is 4.36 Å². The highest BCUT2D eigenvalue weighted by Gasteiger charge is 2.00. The zero-order chi connectivity index (χ0) is 8.97. The number of nitrogens with zero attached hydrogens (tertiary/aromatic N) is 3. The Morgan fingerprint density at radius 1 is 1.67 bits per heavy atom. The Balaban J connectivity index is 2.66. The Morgan fingerprint density at radius 3 is 2.92 bits per heavy atom. The molecule has 1 rings (SSSR count). The molecule has 9 heteroatoms. The van der Waals surface area contributed by atoms with Gasteiger partial charge in [0, 0.05) is 0 Å². The smallest absolute Gasteiger partial charge is 0.287 e. The number of urea groups is 1. The van der Waals surface area contributed by atoms with Gasteiger partial charge in [-0.25, -0.2) is 4.79 Å². The highest BCUT2D eigenvalue weighted by molar-refractivity contribution is 7.62. The van der Waals surface area contributed by atoms with E-state index >= 15 is 0 Å². The van der Waals surface area contributed by atoms with Gasteiger partial charge < -0.3 is 0 Å². The second kappa shape index (κ2) is 3.57. The third-order valence-electron chi connectivity index (χ3n) is 0.807. The molecule has 0 saturated carbocycles. The predicted octanol–water partition coefficient (Wildman–Crippen LogP) is -0.601. The molecule has 0 unspecified atom stereocenters. The first-order valence-corrected chi connectivity index (χ1v) is 3.69. The van der Waals surface area contributed by atoms with Crippen molar-refractivity contribution in [2.75, 3.05) is 5.32 Å². The van der Waals surface area contributed by atoms with Crippen LogP contribution in [0.25, 0.3) is 0 Å². The van der Waals surface area contributed by atoms with Gasteiger partial charge in [-0.2, -0.15) is 18.7 Å². The summed E-state index contributed by atoms with van der Waals surface area (Å²) >= 11 is 0. The van der Waals surface area contributed by atoms with Crippen molar-refractivity contribution in [3.05, 3.63) is 6.20 Å². The number of carbonyl (C=O) groups excluding carboxylic acids is 1. The van der Waals surface area contributed by atoms with E-state index in [-0.39, 0.29) is 5.82 Å². The average Bonchev–Trinajstić information content (AvgIpc) is 2.37. The molecule has 0 atom stereocenters. The summed E-state index contributed by atoms with van der Waals surface area (Å²) < 4.78 is 22.4. The largest absolute Gasteiger partial charge is 0.361 e. The van der Waals surface area contributed by atoms with Gasteiger partial charge in [-0.15, -0.1) is 5.10 Å². The lowest BCUT2D eigenvalue weighted by molar-refractivity contribution is 0.260.